The van der Waals surface area contributed by atoms with Crippen LogP contribution in [0.1, 0.15) is 77.0 Å². The zero-order valence-electron chi connectivity index (χ0n) is 19.9. The molecule has 6 aliphatic rings. The first kappa shape index (κ1) is 21.2. The molecule has 174 valence electrons. The molecule has 0 heterocycles. The van der Waals surface area contributed by atoms with Crippen molar-refractivity contribution in [1.82, 2.24) is 0 Å². The first-order valence-electron chi connectivity index (χ1n) is 12.5. The van der Waals surface area contributed by atoms with E-state index in [1.165, 1.54) is 39.0 Å². The zero-order chi connectivity index (χ0) is 22.7. The van der Waals surface area contributed by atoms with Gasteiger partial charge in [0.05, 0.1) is 24.9 Å². The molecule has 6 aliphatic carbocycles. The Hall–Kier alpha value is -2.33. The lowest BCUT2D eigenvalue weighted by molar-refractivity contribution is -0.139. The lowest BCUT2D eigenvalue weighted by atomic mass is 9.64. The number of hydrogen-bond donors (Lipinski definition) is 1. The van der Waals surface area contributed by atoms with E-state index in [1.54, 1.807) is 30.9 Å². The molecule has 4 nitrogen and oxygen atoms in total. The van der Waals surface area contributed by atoms with Crippen molar-refractivity contribution in [2.75, 3.05) is 14.2 Å². The summed E-state index contributed by atoms with van der Waals surface area (Å²) in [5, 5.41) is 10.4. The van der Waals surface area contributed by atoms with Gasteiger partial charge in [0.25, 0.3) is 0 Å². The Labute approximate surface area is 196 Å². The normalized spacial score (nSPS) is 29.2. The Bertz CT molecular complexity index is 1120. The number of rotatable bonds is 3. The summed E-state index contributed by atoms with van der Waals surface area (Å²) in [5.74, 6) is 0.00309. The molecule has 0 spiro atoms. The van der Waals surface area contributed by atoms with Gasteiger partial charge in [0.2, 0.25) is 0 Å². The molecule has 0 saturated heterocycles. The third kappa shape index (κ3) is 3.58. The molecular formula is C29H34O4. The molecule has 0 amide bonds. The van der Waals surface area contributed by atoms with E-state index >= 15 is 0 Å². The van der Waals surface area contributed by atoms with Crippen LogP contribution in [0.4, 0.5) is 0 Å². The molecule has 4 heteroatoms. The molecule has 2 unspecified atom stereocenters. The topological polar surface area (TPSA) is 55.8 Å². The third-order valence-electron chi connectivity index (χ3n) is 9.10. The van der Waals surface area contributed by atoms with Crippen LogP contribution in [-0.4, -0.2) is 31.4 Å². The van der Waals surface area contributed by atoms with E-state index in [0.29, 0.717) is 6.10 Å². The Morgan fingerprint density at radius 3 is 2.12 bits per heavy atom. The Morgan fingerprint density at radius 1 is 0.788 bits per heavy atom. The second-order valence-corrected chi connectivity index (χ2v) is 10.7. The summed E-state index contributed by atoms with van der Waals surface area (Å²) < 4.78 is 11.2. The summed E-state index contributed by atoms with van der Waals surface area (Å²) in [7, 11) is 3.57. The van der Waals surface area contributed by atoms with Crippen LogP contribution in [0.15, 0.2) is 67.6 Å². The van der Waals surface area contributed by atoms with Crippen molar-refractivity contribution in [1.29, 1.82) is 0 Å². The zero-order valence-corrected chi connectivity index (χ0v) is 19.9. The fraction of sp³-hybridized carbons (Fsp3) is 0.552. The molecule has 0 aromatic carbocycles. The Balaban J connectivity index is 1.25. The fourth-order valence-electron chi connectivity index (χ4n) is 7.30. The highest BCUT2D eigenvalue weighted by molar-refractivity contribution is 5.80. The maximum absolute atomic E-state index is 12.7. The van der Waals surface area contributed by atoms with Crippen LogP contribution >= 0.6 is 0 Å². The summed E-state index contributed by atoms with van der Waals surface area (Å²) >= 11 is 0. The maximum Gasteiger partial charge on any atom is 0.314 e. The van der Waals surface area contributed by atoms with Crippen LogP contribution in [-0.2, 0) is 14.3 Å². The summed E-state index contributed by atoms with van der Waals surface area (Å²) in [6.45, 7) is 0. The van der Waals surface area contributed by atoms with Gasteiger partial charge in [0, 0.05) is 13.5 Å². The molecule has 0 aliphatic heterocycles. The Morgan fingerprint density at radius 2 is 1.39 bits per heavy atom. The average molecular weight is 447 g/mol. The van der Waals surface area contributed by atoms with E-state index in [9.17, 15) is 9.90 Å². The molecule has 1 N–H and O–H groups in total. The van der Waals surface area contributed by atoms with E-state index in [1.807, 2.05) is 0 Å². The highest BCUT2D eigenvalue weighted by atomic mass is 16.5. The molecule has 0 saturated carbocycles. The minimum atomic E-state index is -0.653. The molecular weight excluding hydrogens is 412 g/mol. The van der Waals surface area contributed by atoms with Gasteiger partial charge >= 0.3 is 5.97 Å². The minimum absolute atomic E-state index is 0.293. The molecule has 33 heavy (non-hydrogen) atoms. The number of aliphatic carboxylic acids is 1. The van der Waals surface area contributed by atoms with E-state index < -0.39 is 11.9 Å². The smallest absolute Gasteiger partial charge is 0.314 e. The molecule has 6 rings (SSSR count). The number of hydrogen-bond acceptors (Lipinski definition) is 3. The van der Waals surface area contributed by atoms with Crippen molar-refractivity contribution in [3.8, 4) is 0 Å². The van der Waals surface area contributed by atoms with Gasteiger partial charge < -0.3 is 14.6 Å². The van der Waals surface area contributed by atoms with E-state index in [-0.39, 0.29) is 0 Å². The van der Waals surface area contributed by atoms with Crippen LogP contribution < -0.4 is 0 Å². The number of allylic oxidation sites excluding steroid dienone is 8. The highest BCUT2D eigenvalue weighted by Gasteiger charge is 2.41. The van der Waals surface area contributed by atoms with Crippen molar-refractivity contribution in [3.05, 3.63) is 67.6 Å². The predicted octanol–water partition coefficient (Wildman–Crippen LogP) is 6.48. The standard InChI is InChI=1S/C29H34O4/c1-32-24-5-3-16-7-18-10-23-11-22-8-17-4-6-25(33-2)13-21(17)15-27(22)28(29(30)31)26(23)14-20(18)9-19(16)12-24/h5,25,28H,3-4,6-15H2,1-2H3,(H,30,31). The van der Waals surface area contributed by atoms with Crippen LogP contribution in [0, 0.1) is 5.92 Å². The molecule has 2 atom stereocenters. The van der Waals surface area contributed by atoms with Gasteiger partial charge in [0.15, 0.2) is 0 Å². The van der Waals surface area contributed by atoms with Crippen molar-refractivity contribution in [2.45, 2.75) is 83.2 Å². The SMILES string of the molecule is COC1=CCC2=C(C1)CC1=C(C2)CC2=C(C1)C(C(=O)O)C1=C(CC3=C(C1)CC(OC)CC3)C2. The third-order valence-corrected chi connectivity index (χ3v) is 9.10. The second kappa shape index (κ2) is 8.16. The summed E-state index contributed by atoms with van der Waals surface area (Å²) in [5.41, 5.74) is 14.5. The minimum Gasteiger partial charge on any atom is -0.501 e. The van der Waals surface area contributed by atoms with Gasteiger partial charge in [-0.1, -0.05) is 44.6 Å². The molecule has 0 aromatic rings. The Kier molecular flexibility index (Phi) is 5.25. The van der Waals surface area contributed by atoms with Gasteiger partial charge in [-0.25, -0.2) is 0 Å². The first-order valence-corrected chi connectivity index (χ1v) is 12.5. The molecule has 0 radical (unpaired) electrons. The quantitative estimate of drug-likeness (QED) is 0.504. The lowest BCUT2D eigenvalue weighted by Gasteiger charge is -2.41. The van der Waals surface area contributed by atoms with Crippen LogP contribution in [0.25, 0.3) is 0 Å². The van der Waals surface area contributed by atoms with Crippen molar-refractivity contribution < 1.29 is 19.4 Å². The first-order chi connectivity index (χ1) is 16.0. The van der Waals surface area contributed by atoms with Crippen LogP contribution in [0.2, 0.25) is 0 Å². The van der Waals surface area contributed by atoms with Gasteiger partial charge in [-0.15, -0.1) is 0 Å². The van der Waals surface area contributed by atoms with Gasteiger partial charge in [0.1, 0.15) is 0 Å². The molecule has 0 fully saturated rings. The number of ether oxygens (including phenoxy) is 2. The average Bonchev–Trinajstić information content (AvgIpc) is 2.82. The number of carbonyl (C=O) groups is 1. The van der Waals surface area contributed by atoms with E-state index in [4.69, 9.17) is 9.47 Å². The highest BCUT2D eigenvalue weighted by Crippen LogP contribution is 2.53. The van der Waals surface area contributed by atoms with Crippen molar-refractivity contribution >= 4 is 5.97 Å². The van der Waals surface area contributed by atoms with Gasteiger partial charge in [-0.05, 0) is 87.9 Å². The van der Waals surface area contributed by atoms with E-state index in [0.717, 1.165) is 82.8 Å². The van der Waals surface area contributed by atoms with Gasteiger partial charge in [-0.3, -0.25) is 4.79 Å². The van der Waals surface area contributed by atoms with Crippen molar-refractivity contribution in [2.24, 2.45) is 5.92 Å². The van der Waals surface area contributed by atoms with E-state index in [2.05, 4.69) is 6.08 Å². The second-order valence-electron chi connectivity index (χ2n) is 10.7. The summed E-state index contributed by atoms with van der Waals surface area (Å²) in [6, 6.07) is 0. The van der Waals surface area contributed by atoms with Gasteiger partial charge in [-0.2, -0.15) is 0 Å². The predicted molar refractivity (Wildman–Crippen MR) is 128 cm³/mol. The van der Waals surface area contributed by atoms with Crippen LogP contribution in [0.5, 0.6) is 0 Å². The monoisotopic (exact) mass is 446 g/mol. The molecule has 0 aromatic heterocycles. The number of carboxylic acid groups (broad SMARTS) is 1. The summed E-state index contributed by atoms with van der Waals surface area (Å²) in [6.07, 6.45) is 14.4. The van der Waals surface area contributed by atoms with Crippen molar-refractivity contribution in [3.63, 3.8) is 0 Å². The largest absolute Gasteiger partial charge is 0.501 e. The number of carboxylic acids is 1. The maximum atomic E-state index is 12.7. The lowest BCUT2D eigenvalue weighted by Crippen LogP contribution is -2.31. The number of methoxy groups -OCH3 is 2. The fourth-order valence-corrected chi connectivity index (χ4v) is 7.30. The summed E-state index contributed by atoms with van der Waals surface area (Å²) in [4.78, 5) is 12.7. The molecule has 0 bridgehead atoms. The van der Waals surface area contributed by atoms with Crippen LogP contribution in [0.3, 0.4) is 0 Å².